The van der Waals surface area contributed by atoms with Gasteiger partial charge in [0.1, 0.15) is 0 Å². The summed E-state index contributed by atoms with van der Waals surface area (Å²) in [5, 5.41) is 2.76. The zero-order valence-corrected chi connectivity index (χ0v) is 5.97. The molecule has 1 saturated heterocycles. The minimum absolute atomic E-state index is 0.119. The van der Waals surface area contributed by atoms with E-state index in [2.05, 4.69) is 16.8 Å². The maximum atomic E-state index is 10.8. The van der Waals surface area contributed by atoms with Gasteiger partial charge in [0.2, 0.25) is 5.91 Å². The third kappa shape index (κ3) is 1.84. The molecule has 1 N–H and O–H groups in total. The molecule has 0 aromatic rings. The SMILES string of the molecule is C=CCN1CCNC(=O)C1. The van der Waals surface area contributed by atoms with E-state index in [-0.39, 0.29) is 5.91 Å². The van der Waals surface area contributed by atoms with E-state index in [0.29, 0.717) is 6.54 Å². The predicted molar refractivity (Wildman–Crippen MR) is 39.6 cm³/mol. The second-order valence-corrected chi connectivity index (χ2v) is 2.37. The monoisotopic (exact) mass is 140 g/mol. The zero-order chi connectivity index (χ0) is 7.40. The molecule has 1 aliphatic heterocycles. The highest BCUT2D eigenvalue weighted by Crippen LogP contribution is 1.91. The lowest BCUT2D eigenvalue weighted by Crippen LogP contribution is -2.47. The molecule has 0 saturated carbocycles. The summed E-state index contributed by atoms with van der Waals surface area (Å²) in [7, 11) is 0. The van der Waals surface area contributed by atoms with Crippen LogP contribution in [-0.2, 0) is 4.79 Å². The van der Waals surface area contributed by atoms with Gasteiger partial charge in [-0.05, 0) is 0 Å². The van der Waals surface area contributed by atoms with Crippen LogP contribution < -0.4 is 5.32 Å². The minimum Gasteiger partial charge on any atom is -0.354 e. The number of carbonyl (C=O) groups excluding carboxylic acids is 1. The smallest absolute Gasteiger partial charge is 0.234 e. The van der Waals surface area contributed by atoms with E-state index in [1.54, 1.807) is 0 Å². The highest BCUT2D eigenvalue weighted by atomic mass is 16.2. The third-order valence-corrected chi connectivity index (χ3v) is 1.50. The summed E-state index contributed by atoms with van der Waals surface area (Å²) < 4.78 is 0. The number of hydrogen-bond acceptors (Lipinski definition) is 2. The van der Waals surface area contributed by atoms with Gasteiger partial charge < -0.3 is 5.32 Å². The molecular formula is C7H12N2O. The van der Waals surface area contributed by atoms with E-state index in [1.165, 1.54) is 0 Å². The van der Waals surface area contributed by atoms with Crippen molar-refractivity contribution in [2.24, 2.45) is 0 Å². The highest BCUT2D eigenvalue weighted by molar-refractivity contribution is 5.78. The summed E-state index contributed by atoms with van der Waals surface area (Å²) in [6, 6.07) is 0. The molecule has 0 aliphatic carbocycles. The number of piperazine rings is 1. The topological polar surface area (TPSA) is 32.3 Å². The average Bonchev–Trinajstić information content (AvgIpc) is 1.88. The van der Waals surface area contributed by atoms with E-state index < -0.39 is 0 Å². The third-order valence-electron chi connectivity index (χ3n) is 1.50. The molecule has 1 heterocycles. The van der Waals surface area contributed by atoms with Crippen LogP contribution in [0.1, 0.15) is 0 Å². The number of rotatable bonds is 2. The Bertz CT molecular complexity index is 145. The summed E-state index contributed by atoms with van der Waals surface area (Å²) in [5.74, 6) is 0.119. The Labute approximate surface area is 60.7 Å². The number of carbonyl (C=O) groups is 1. The molecule has 1 aliphatic rings. The van der Waals surface area contributed by atoms with Gasteiger partial charge in [0, 0.05) is 19.6 Å². The zero-order valence-electron chi connectivity index (χ0n) is 5.97. The van der Waals surface area contributed by atoms with Crippen LogP contribution in [0.5, 0.6) is 0 Å². The quantitative estimate of drug-likeness (QED) is 0.529. The molecule has 0 atom stereocenters. The second-order valence-electron chi connectivity index (χ2n) is 2.37. The molecule has 1 fully saturated rings. The Morgan fingerprint density at radius 3 is 3.20 bits per heavy atom. The van der Waals surface area contributed by atoms with Crippen molar-refractivity contribution in [3.8, 4) is 0 Å². The summed E-state index contributed by atoms with van der Waals surface area (Å²) in [4.78, 5) is 12.8. The van der Waals surface area contributed by atoms with E-state index >= 15 is 0 Å². The van der Waals surface area contributed by atoms with Gasteiger partial charge in [-0.15, -0.1) is 6.58 Å². The van der Waals surface area contributed by atoms with Gasteiger partial charge in [-0.25, -0.2) is 0 Å². The first-order valence-electron chi connectivity index (χ1n) is 3.43. The fraction of sp³-hybridized carbons (Fsp3) is 0.571. The number of amides is 1. The Hall–Kier alpha value is -0.830. The van der Waals surface area contributed by atoms with Gasteiger partial charge in [0.05, 0.1) is 6.54 Å². The van der Waals surface area contributed by atoms with Crippen LogP contribution in [0, 0.1) is 0 Å². The van der Waals surface area contributed by atoms with Crippen LogP contribution in [0.4, 0.5) is 0 Å². The number of nitrogens with one attached hydrogen (secondary N) is 1. The van der Waals surface area contributed by atoms with Crippen LogP contribution in [0.2, 0.25) is 0 Å². The van der Waals surface area contributed by atoms with Gasteiger partial charge in [-0.3, -0.25) is 9.69 Å². The molecule has 0 aromatic heterocycles. The highest BCUT2D eigenvalue weighted by Gasteiger charge is 2.13. The fourth-order valence-electron chi connectivity index (χ4n) is 1.03. The van der Waals surface area contributed by atoms with E-state index in [1.807, 2.05) is 6.08 Å². The van der Waals surface area contributed by atoms with E-state index in [9.17, 15) is 4.79 Å². The first-order valence-corrected chi connectivity index (χ1v) is 3.43. The lowest BCUT2D eigenvalue weighted by molar-refractivity contribution is -0.123. The minimum atomic E-state index is 0.119. The molecular weight excluding hydrogens is 128 g/mol. The first kappa shape index (κ1) is 7.28. The van der Waals surface area contributed by atoms with Crippen molar-refractivity contribution in [3.05, 3.63) is 12.7 Å². The maximum absolute atomic E-state index is 10.8. The Morgan fingerprint density at radius 1 is 1.80 bits per heavy atom. The average molecular weight is 140 g/mol. The number of nitrogens with zero attached hydrogens (tertiary/aromatic N) is 1. The number of hydrogen-bond donors (Lipinski definition) is 1. The molecule has 0 bridgehead atoms. The van der Waals surface area contributed by atoms with Crippen molar-refractivity contribution >= 4 is 5.91 Å². The first-order chi connectivity index (χ1) is 4.83. The molecule has 3 nitrogen and oxygen atoms in total. The molecule has 56 valence electrons. The summed E-state index contributed by atoms with van der Waals surface area (Å²) in [6.07, 6.45) is 1.82. The van der Waals surface area contributed by atoms with Crippen LogP contribution in [0.3, 0.4) is 0 Å². The lowest BCUT2D eigenvalue weighted by atomic mass is 10.3. The lowest BCUT2D eigenvalue weighted by Gasteiger charge is -2.24. The van der Waals surface area contributed by atoms with Crippen molar-refractivity contribution < 1.29 is 4.79 Å². The Morgan fingerprint density at radius 2 is 2.60 bits per heavy atom. The van der Waals surface area contributed by atoms with Gasteiger partial charge in [-0.2, -0.15) is 0 Å². The molecule has 0 unspecified atom stereocenters. The van der Waals surface area contributed by atoms with E-state index in [4.69, 9.17) is 0 Å². The van der Waals surface area contributed by atoms with Gasteiger partial charge in [0.25, 0.3) is 0 Å². The Balaban J connectivity index is 2.31. The largest absolute Gasteiger partial charge is 0.354 e. The summed E-state index contributed by atoms with van der Waals surface area (Å²) in [6.45, 7) is 6.65. The Kier molecular flexibility index (Phi) is 2.45. The molecule has 10 heavy (non-hydrogen) atoms. The molecule has 0 spiro atoms. The van der Waals surface area contributed by atoms with Crippen molar-refractivity contribution in [2.75, 3.05) is 26.2 Å². The van der Waals surface area contributed by atoms with Crippen LogP contribution in [0.25, 0.3) is 0 Å². The van der Waals surface area contributed by atoms with Crippen LogP contribution in [0.15, 0.2) is 12.7 Å². The molecule has 0 aromatic carbocycles. The second kappa shape index (κ2) is 3.37. The van der Waals surface area contributed by atoms with Crippen molar-refractivity contribution in [3.63, 3.8) is 0 Å². The normalized spacial score (nSPS) is 20.2. The van der Waals surface area contributed by atoms with Crippen molar-refractivity contribution in [1.29, 1.82) is 0 Å². The fourth-order valence-corrected chi connectivity index (χ4v) is 1.03. The van der Waals surface area contributed by atoms with Crippen LogP contribution >= 0.6 is 0 Å². The molecule has 3 heteroatoms. The summed E-state index contributed by atoms with van der Waals surface area (Å²) >= 11 is 0. The maximum Gasteiger partial charge on any atom is 0.234 e. The van der Waals surface area contributed by atoms with Crippen molar-refractivity contribution in [2.45, 2.75) is 0 Å². The van der Waals surface area contributed by atoms with Gasteiger partial charge in [-0.1, -0.05) is 6.08 Å². The molecule has 1 rings (SSSR count). The summed E-state index contributed by atoms with van der Waals surface area (Å²) in [5.41, 5.74) is 0. The van der Waals surface area contributed by atoms with Gasteiger partial charge >= 0.3 is 0 Å². The van der Waals surface area contributed by atoms with Gasteiger partial charge in [0.15, 0.2) is 0 Å². The van der Waals surface area contributed by atoms with Crippen LogP contribution in [-0.4, -0.2) is 37.0 Å². The van der Waals surface area contributed by atoms with E-state index in [0.717, 1.165) is 19.6 Å². The predicted octanol–water partition coefficient (Wildman–Crippen LogP) is -0.396. The standard InChI is InChI=1S/C7H12N2O/c1-2-4-9-5-3-8-7(10)6-9/h2H,1,3-6H2,(H,8,10). The molecule has 0 radical (unpaired) electrons. The van der Waals surface area contributed by atoms with Crippen molar-refractivity contribution in [1.82, 2.24) is 10.2 Å². The molecule has 1 amide bonds.